The summed E-state index contributed by atoms with van der Waals surface area (Å²) < 4.78 is 2.57. The average Bonchev–Trinajstić information content (AvgIpc) is 3.52. The van der Waals surface area contributed by atoms with Crippen molar-refractivity contribution in [2.45, 2.75) is 52.5 Å². The molecule has 29 heavy (non-hydrogen) atoms. The Morgan fingerprint density at radius 1 is 0.931 bits per heavy atom. The van der Waals surface area contributed by atoms with Crippen LogP contribution in [0.5, 0.6) is 0 Å². The topological polar surface area (TPSA) is 21.1 Å². The SMILES string of the molecule is Cc1c(C)n(CC2CC2)c2c(N3CCC(Cc4ccccc4)CC3)nccc12.Cl. The minimum Gasteiger partial charge on any atom is -0.355 e. The highest BCUT2D eigenvalue weighted by atomic mass is 35.5. The minimum atomic E-state index is 0. The molecule has 0 radical (unpaired) electrons. The summed E-state index contributed by atoms with van der Waals surface area (Å²) in [7, 11) is 0. The highest BCUT2D eigenvalue weighted by Gasteiger charge is 2.27. The third-order valence-corrected chi connectivity index (χ3v) is 6.95. The summed E-state index contributed by atoms with van der Waals surface area (Å²) in [5.41, 5.74) is 5.71. The number of halogens is 1. The molecule has 5 rings (SSSR count). The molecular formula is C25H32ClN3. The Morgan fingerprint density at radius 2 is 1.66 bits per heavy atom. The van der Waals surface area contributed by atoms with Gasteiger partial charge in [0.2, 0.25) is 0 Å². The van der Waals surface area contributed by atoms with Crippen molar-refractivity contribution < 1.29 is 0 Å². The standard InChI is InChI=1S/C25H31N3.ClH/c1-18-19(2)28(17-22-8-9-22)24-23(18)10-13-26-25(24)27-14-11-21(12-15-27)16-20-6-4-3-5-7-20;/h3-7,10,13,21-22H,8-9,11-12,14-17H2,1-2H3;1H. The normalized spacial score (nSPS) is 17.5. The highest BCUT2D eigenvalue weighted by Crippen LogP contribution is 2.37. The number of aromatic nitrogens is 2. The van der Waals surface area contributed by atoms with Crippen LogP contribution < -0.4 is 4.90 Å². The van der Waals surface area contributed by atoms with E-state index in [1.54, 1.807) is 0 Å². The Balaban J connectivity index is 0.00000205. The molecule has 3 aromatic rings. The van der Waals surface area contributed by atoms with Crippen LogP contribution in [-0.2, 0) is 13.0 Å². The second kappa shape index (κ2) is 8.39. The van der Waals surface area contributed by atoms with Gasteiger partial charge in [-0.2, -0.15) is 0 Å². The molecule has 3 nitrogen and oxygen atoms in total. The van der Waals surface area contributed by atoms with Crippen LogP contribution in [0.4, 0.5) is 5.82 Å². The number of aryl methyl sites for hydroxylation is 1. The van der Waals surface area contributed by atoms with Gasteiger partial charge in [0.1, 0.15) is 0 Å². The van der Waals surface area contributed by atoms with E-state index in [2.05, 4.69) is 59.7 Å². The maximum atomic E-state index is 4.89. The van der Waals surface area contributed by atoms with Gasteiger partial charge in [-0.3, -0.25) is 0 Å². The van der Waals surface area contributed by atoms with Crippen molar-refractivity contribution in [3.63, 3.8) is 0 Å². The largest absolute Gasteiger partial charge is 0.355 e. The zero-order valence-corrected chi connectivity index (χ0v) is 18.4. The van der Waals surface area contributed by atoms with E-state index in [0.29, 0.717) is 0 Å². The maximum Gasteiger partial charge on any atom is 0.153 e. The summed E-state index contributed by atoms with van der Waals surface area (Å²) in [4.78, 5) is 7.44. The predicted octanol–water partition coefficient (Wildman–Crippen LogP) is 5.94. The lowest BCUT2D eigenvalue weighted by molar-refractivity contribution is 0.402. The Hall–Kier alpha value is -2.00. The molecule has 1 aliphatic heterocycles. The lowest BCUT2D eigenvalue weighted by Gasteiger charge is -2.33. The van der Waals surface area contributed by atoms with Crippen LogP contribution in [0.15, 0.2) is 42.6 Å². The molecule has 0 unspecified atom stereocenters. The molecule has 2 fully saturated rings. The van der Waals surface area contributed by atoms with Gasteiger partial charge >= 0.3 is 0 Å². The first-order valence-corrected chi connectivity index (χ1v) is 10.9. The third-order valence-electron chi connectivity index (χ3n) is 6.95. The fourth-order valence-electron chi connectivity index (χ4n) is 4.89. The summed E-state index contributed by atoms with van der Waals surface area (Å²) in [6.45, 7) is 7.97. The second-order valence-electron chi connectivity index (χ2n) is 8.92. The maximum absolute atomic E-state index is 4.89. The van der Waals surface area contributed by atoms with Crippen LogP contribution in [0.1, 0.15) is 42.5 Å². The first kappa shape index (κ1) is 20.3. The summed E-state index contributed by atoms with van der Waals surface area (Å²) in [5, 5.41) is 1.40. The summed E-state index contributed by atoms with van der Waals surface area (Å²) >= 11 is 0. The highest BCUT2D eigenvalue weighted by molar-refractivity contribution is 5.93. The van der Waals surface area contributed by atoms with Crippen LogP contribution in [-0.4, -0.2) is 22.6 Å². The molecule has 0 atom stereocenters. The van der Waals surface area contributed by atoms with E-state index in [9.17, 15) is 0 Å². The monoisotopic (exact) mass is 409 g/mol. The van der Waals surface area contributed by atoms with E-state index >= 15 is 0 Å². The van der Waals surface area contributed by atoms with Crippen LogP contribution in [0, 0.1) is 25.7 Å². The van der Waals surface area contributed by atoms with Crippen molar-refractivity contribution >= 4 is 29.1 Å². The van der Waals surface area contributed by atoms with Gasteiger partial charge in [-0.15, -0.1) is 12.4 Å². The number of fused-ring (bicyclic) bond motifs is 1. The number of rotatable bonds is 5. The first-order valence-electron chi connectivity index (χ1n) is 10.9. The number of piperidine rings is 1. The number of hydrogen-bond donors (Lipinski definition) is 0. The third kappa shape index (κ3) is 4.02. The van der Waals surface area contributed by atoms with Crippen LogP contribution in [0.3, 0.4) is 0 Å². The Labute approximate surface area is 180 Å². The van der Waals surface area contributed by atoms with Crippen molar-refractivity contribution in [2.75, 3.05) is 18.0 Å². The minimum absolute atomic E-state index is 0. The lowest BCUT2D eigenvalue weighted by Crippen LogP contribution is -2.35. The number of anilines is 1. The molecule has 0 N–H and O–H groups in total. The van der Waals surface area contributed by atoms with Gasteiger partial charge in [0, 0.05) is 36.9 Å². The Morgan fingerprint density at radius 3 is 2.34 bits per heavy atom. The first-order chi connectivity index (χ1) is 13.7. The molecule has 2 aromatic heterocycles. The van der Waals surface area contributed by atoms with E-state index in [-0.39, 0.29) is 12.4 Å². The quantitative estimate of drug-likeness (QED) is 0.519. The Kier molecular flexibility index (Phi) is 5.87. The van der Waals surface area contributed by atoms with Gasteiger partial charge in [-0.05, 0) is 75.0 Å². The van der Waals surface area contributed by atoms with Crippen LogP contribution in [0.2, 0.25) is 0 Å². The lowest BCUT2D eigenvalue weighted by atomic mass is 9.90. The van der Waals surface area contributed by atoms with E-state index < -0.39 is 0 Å². The zero-order valence-electron chi connectivity index (χ0n) is 17.6. The molecule has 1 aliphatic carbocycles. The fraction of sp³-hybridized carbons (Fsp3) is 0.480. The number of hydrogen-bond acceptors (Lipinski definition) is 2. The van der Waals surface area contributed by atoms with E-state index in [0.717, 1.165) is 24.9 Å². The summed E-state index contributed by atoms with van der Waals surface area (Å²) in [6.07, 6.45) is 8.52. The van der Waals surface area contributed by atoms with Gasteiger partial charge in [0.15, 0.2) is 5.82 Å². The molecular weight excluding hydrogens is 378 g/mol. The van der Waals surface area contributed by atoms with Gasteiger partial charge in [-0.1, -0.05) is 30.3 Å². The molecule has 1 saturated carbocycles. The van der Waals surface area contributed by atoms with Crippen molar-refractivity contribution in [3.05, 3.63) is 59.4 Å². The van der Waals surface area contributed by atoms with Crippen LogP contribution >= 0.6 is 12.4 Å². The summed E-state index contributed by atoms with van der Waals surface area (Å²) in [6, 6.07) is 13.2. The van der Waals surface area contributed by atoms with E-state index in [1.807, 2.05) is 6.20 Å². The molecule has 2 aliphatic rings. The molecule has 4 heteroatoms. The molecule has 1 aromatic carbocycles. The molecule has 0 bridgehead atoms. The van der Waals surface area contributed by atoms with Crippen molar-refractivity contribution in [3.8, 4) is 0 Å². The van der Waals surface area contributed by atoms with Crippen molar-refractivity contribution in [2.24, 2.45) is 11.8 Å². The number of nitrogens with zero attached hydrogens (tertiary/aromatic N) is 3. The van der Waals surface area contributed by atoms with Gasteiger partial charge in [-0.25, -0.2) is 4.98 Å². The predicted molar refractivity (Wildman–Crippen MR) is 124 cm³/mol. The fourth-order valence-corrected chi connectivity index (χ4v) is 4.89. The van der Waals surface area contributed by atoms with E-state index in [4.69, 9.17) is 4.98 Å². The van der Waals surface area contributed by atoms with Gasteiger partial charge in [0.25, 0.3) is 0 Å². The molecule has 3 heterocycles. The van der Waals surface area contributed by atoms with E-state index in [1.165, 1.54) is 72.2 Å². The second-order valence-corrected chi connectivity index (χ2v) is 8.92. The van der Waals surface area contributed by atoms with Gasteiger partial charge in [0.05, 0.1) is 5.52 Å². The average molecular weight is 410 g/mol. The van der Waals surface area contributed by atoms with Crippen molar-refractivity contribution in [1.82, 2.24) is 9.55 Å². The smallest absolute Gasteiger partial charge is 0.153 e. The Bertz CT molecular complexity index is 967. The number of pyridine rings is 1. The number of benzene rings is 1. The van der Waals surface area contributed by atoms with Gasteiger partial charge < -0.3 is 9.47 Å². The molecule has 0 amide bonds. The molecule has 154 valence electrons. The van der Waals surface area contributed by atoms with Crippen molar-refractivity contribution in [1.29, 1.82) is 0 Å². The van der Waals surface area contributed by atoms with Crippen LogP contribution in [0.25, 0.3) is 10.9 Å². The molecule has 0 spiro atoms. The molecule has 1 saturated heterocycles. The zero-order chi connectivity index (χ0) is 19.1. The summed E-state index contributed by atoms with van der Waals surface area (Å²) in [5.74, 6) is 2.88.